The van der Waals surface area contributed by atoms with Gasteiger partial charge in [0.1, 0.15) is 11.4 Å². The van der Waals surface area contributed by atoms with Crippen LogP contribution < -0.4 is 9.04 Å². The first-order valence-corrected chi connectivity index (χ1v) is 9.30. The van der Waals surface area contributed by atoms with Crippen LogP contribution in [0.1, 0.15) is 5.56 Å². The fourth-order valence-electron chi connectivity index (χ4n) is 2.51. The van der Waals surface area contributed by atoms with Crippen LogP contribution in [0.15, 0.2) is 47.4 Å². The minimum atomic E-state index is -3.95. The van der Waals surface area contributed by atoms with E-state index in [2.05, 4.69) is 0 Å². The van der Waals surface area contributed by atoms with Gasteiger partial charge in [-0.1, -0.05) is 17.7 Å². The summed E-state index contributed by atoms with van der Waals surface area (Å²) < 4.78 is 37.9. The third-order valence-electron chi connectivity index (χ3n) is 4.02. The fraction of sp³-hybridized carbons (Fsp3) is 0.294. The molecule has 3 rings (SSSR count). The molecule has 0 unspecified atom stereocenters. The Kier molecular flexibility index (Phi) is 4.84. The summed E-state index contributed by atoms with van der Waals surface area (Å²) in [4.78, 5) is 10.7. The SMILES string of the molecule is COc1ccc([N+](=O)[O-])cc1N(C[C@@H]1CO1)S(=O)(=O)c1ccc(C)cc1. The lowest BCUT2D eigenvalue weighted by atomic mass is 10.2. The predicted octanol–water partition coefficient (Wildman–Crippen LogP) is 2.51. The Morgan fingerprint density at radius 2 is 1.92 bits per heavy atom. The van der Waals surface area contributed by atoms with E-state index in [1.165, 1.54) is 37.4 Å². The number of nitrogens with zero attached hydrogens (tertiary/aromatic N) is 2. The van der Waals surface area contributed by atoms with Gasteiger partial charge in [0.05, 0.1) is 36.2 Å². The van der Waals surface area contributed by atoms with Gasteiger partial charge < -0.3 is 9.47 Å². The Labute approximate surface area is 151 Å². The quantitative estimate of drug-likeness (QED) is 0.417. The lowest BCUT2D eigenvalue weighted by molar-refractivity contribution is -0.384. The standard InChI is InChI=1S/C17H18N2O6S/c1-12-3-6-15(7-4-12)26(22,23)18(10-14-11-25-14)16-9-13(19(20)21)5-8-17(16)24-2/h3-9,14H,10-11H2,1-2H3/t14-/m1/s1. The second kappa shape index (κ2) is 6.93. The summed E-state index contributed by atoms with van der Waals surface area (Å²) in [6.45, 7) is 2.35. The lowest BCUT2D eigenvalue weighted by Crippen LogP contribution is -2.34. The van der Waals surface area contributed by atoms with Crippen LogP contribution in [0, 0.1) is 17.0 Å². The van der Waals surface area contributed by atoms with Crippen LogP contribution in [-0.4, -0.2) is 39.7 Å². The van der Waals surface area contributed by atoms with Gasteiger partial charge in [-0.3, -0.25) is 14.4 Å². The average molecular weight is 378 g/mol. The molecule has 2 aromatic rings. The second-order valence-corrected chi connectivity index (χ2v) is 7.78. The Hall–Kier alpha value is -2.65. The first-order chi connectivity index (χ1) is 12.3. The van der Waals surface area contributed by atoms with Crippen molar-refractivity contribution in [1.29, 1.82) is 0 Å². The first kappa shape index (κ1) is 18.2. The molecule has 1 atom stereocenters. The summed E-state index contributed by atoms with van der Waals surface area (Å²) in [5.74, 6) is 0.229. The summed E-state index contributed by atoms with van der Waals surface area (Å²) in [5, 5.41) is 11.1. The molecule has 0 spiro atoms. The summed E-state index contributed by atoms with van der Waals surface area (Å²) in [6.07, 6.45) is -0.251. The third kappa shape index (κ3) is 3.63. The van der Waals surface area contributed by atoms with E-state index in [1.807, 2.05) is 6.92 Å². The minimum absolute atomic E-state index is 0.0493. The second-order valence-electron chi connectivity index (χ2n) is 5.92. The van der Waals surface area contributed by atoms with Crippen LogP contribution in [0.5, 0.6) is 5.75 Å². The molecule has 1 saturated heterocycles. The molecular formula is C17H18N2O6S. The van der Waals surface area contributed by atoms with Crippen molar-refractivity contribution >= 4 is 21.4 Å². The number of epoxide rings is 1. The zero-order chi connectivity index (χ0) is 18.9. The highest BCUT2D eigenvalue weighted by molar-refractivity contribution is 7.92. The van der Waals surface area contributed by atoms with Crippen LogP contribution in [-0.2, 0) is 14.8 Å². The van der Waals surface area contributed by atoms with E-state index in [1.54, 1.807) is 12.1 Å². The molecule has 0 bridgehead atoms. The molecule has 1 heterocycles. The van der Waals surface area contributed by atoms with Gasteiger partial charge in [-0.25, -0.2) is 8.42 Å². The molecule has 26 heavy (non-hydrogen) atoms. The van der Waals surface area contributed by atoms with E-state index in [0.717, 1.165) is 9.87 Å². The predicted molar refractivity (Wildman–Crippen MR) is 95.1 cm³/mol. The Bertz CT molecular complexity index is 923. The van der Waals surface area contributed by atoms with Gasteiger partial charge >= 0.3 is 0 Å². The Morgan fingerprint density at radius 1 is 1.27 bits per heavy atom. The maximum atomic E-state index is 13.2. The minimum Gasteiger partial charge on any atom is -0.495 e. The molecular weight excluding hydrogens is 360 g/mol. The van der Waals surface area contributed by atoms with Crippen molar-refractivity contribution in [3.8, 4) is 5.75 Å². The summed E-state index contributed by atoms with van der Waals surface area (Å²) in [7, 11) is -2.57. The number of non-ortho nitro benzene ring substituents is 1. The first-order valence-electron chi connectivity index (χ1n) is 7.86. The number of rotatable bonds is 7. The van der Waals surface area contributed by atoms with E-state index in [0.29, 0.717) is 6.61 Å². The van der Waals surface area contributed by atoms with Gasteiger partial charge in [-0.15, -0.1) is 0 Å². The summed E-state index contributed by atoms with van der Waals surface area (Å²) in [5.41, 5.74) is 0.813. The van der Waals surface area contributed by atoms with Gasteiger partial charge in [0, 0.05) is 12.1 Å². The largest absolute Gasteiger partial charge is 0.495 e. The number of aryl methyl sites for hydroxylation is 1. The summed E-state index contributed by atoms with van der Waals surface area (Å²) >= 11 is 0. The monoisotopic (exact) mass is 378 g/mol. The normalized spacial score (nSPS) is 16.2. The number of methoxy groups -OCH3 is 1. The maximum absolute atomic E-state index is 13.2. The highest BCUT2D eigenvalue weighted by Gasteiger charge is 2.35. The highest BCUT2D eigenvalue weighted by atomic mass is 32.2. The summed E-state index contributed by atoms with van der Waals surface area (Å²) in [6, 6.07) is 10.3. The van der Waals surface area contributed by atoms with Crippen LogP contribution in [0.4, 0.5) is 11.4 Å². The van der Waals surface area contributed by atoms with Crippen molar-refractivity contribution in [3.05, 3.63) is 58.1 Å². The molecule has 1 fully saturated rings. The Balaban J connectivity index is 2.12. The van der Waals surface area contributed by atoms with Gasteiger partial charge in [0.2, 0.25) is 0 Å². The number of sulfonamides is 1. The van der Waals surface area contributed by atoms with Crippen LogP contribution in [0.3, 0.4) is 0 Å². The highest BCUT2D eigenvalue weighted by Crippen LogP contribution is 2.36. The lowest BCUT2D eigenvalue weighted by Gasteiger charge is -2.25. The average Bonchev–Trinajstić information content (AvgIpc) is 3.43. The number of nitro benzene ring substituents is 1. The molecule has 1 aliphatic rings. The number of benzene rings is 2. The fourth-order valence-corrected chi connectivity index (χ4v) is 4.01. The molecule has 0 saturated carbocycles. The molecule has 0 N–H and O–H groups in total. The maximum Gasteiger partial charge on any atom is 0.271 e. The van der Waals surface area contributed by atoms with Gasteiger partial charge in [-0.05, 0) is 25.1 Å². The van der Waals surface area contributed by atoms with E-state index in [4.69, 9.17) is 9.47 Å². The van der Waals surface area contributed by atoms with Crippen molar-refractivity contribution in [2.75, 3.05) is 24.6 Å². The number of nitro groups is 1. The van der Waals surface area contributed by atoms with Gasteiger partial charge in [-0.2, -0.15) is 0 Å². The van der Waals surface area contributed by atoms with Crippen molar-refractivity contribution < 1.29 is 22.8 Å². The number of ether oxygens (including phenoxy) is 2. The van der Waals surface area contributed by atoms with Gasteiger partial charge in [0.15, 0.2) is 0 Å². The molecule has 0 aliphatic carbocycles. The topological polar surface area (TPSA) is 102 Å². The van der Waals surface area contributed by atoms with Crippen LogP contribution in [0.2, 0.25) is 0 Å². The smallest absolute Gasteiger partial charge is 0.271 e. The Morgan fingerprint density at radius 3 is 2.46 bits per heavy atom. The molecule has 2 aromatic carbocycles. The van der Waals surface area contributed by atoms with E-state index in [9.17, 15) is 18.5 Å². The van der Waals surface area contributed by atoms with Crippen molar-refractivity contribution in [2.45, 2.75) is 17.9 Å². The molecule has 0 amide bonds. The van der Waals surface area contributed by atoms with Crippen LogP contribution >= 0.6 is 0 Å². The molecule has 1 aliphatic heterocycles. The third-order valence-corrected chi connectivity index (χ3v) is 5.82. The molecule has 8 nitrogen and oxygen atoms in total. The molecule has 138 valence electrons. The van der Waals surface area contributed by atoms with E-state index in [-0.39, 0.29) is 34.7 Å². The van der Waals surface area contributed by atoms with Crippen molar-refractivity contribution in [2.24, 2.45) is 0 Å². The van der Waals surface area contributed by atoms with E-state index < -0.39 is 14.9 Å². The zero-order valence-corrected chi connectivity index (χ0v) is 15.1. The van der Waals surface area contributed by atoms with Crippen molar-refractivity contribution in [1.82, 2.24) is 0 Å². The number of hydrogen-bond acceptors (Lipinski definition) is 6. The zero-order valence-electron chi connectivity index (χ0n) is 14.3. The number of hydrogen-bond donors (Lipinski definition) is 0. The molecule has 0 aromatic heterocycles. The molecule has 0 radical (unpaired) electrons. The van der Waals surface area contributed by atoms with E-state index >= 15 is 0 Å². The van der Waals surface area contributed by atoms with Crippen LogP contribution in [0.25, 0.3) is 0 Å². The van der Waals surface area contributed by atoms with Gasteiger partial charge in [0.25, 0.3) is 15.7 Å². The number of anilines is 1. The van der Waals surface area contributed by atoms with Crippen molar-refractivity contribution in [3.63, 3.8) is 0 Å². The molecule has 9 heteroatoms.